The van der Waals surface area contributed by atoms with Crippen molar-refractivity contribution < 1.29 is 14.2 Å². The van der Waals surface area contributed by atoms with E-state index in [9.17, 15) is 0 Å². The van der Waals surface area contributed by atoms with Crippen LogP contribution in [0.15, 0.2) is 83.8 Å². The third-order valence-corrected chi connectivity index (χ3v) is 6.95. The summed E-state index contributed by atoms with van der Waals surface area (Å²) in [6.45, 7) is 3.50. The van der Waals surface area contributed by atoms with Gasteiger partial charge in [-0.05, 0) is 35.4 Å². The Bertz CT molecular complexity index is 948. The summed E-state index contributed by atoms with van der Waals surface area (Å²) in [6.07, 6.45) is 0.0702. The van der Waals surface area contributed by atoms with Crippen molar-refractivity contribution in [2.45, 2.75) is 22.8 Å². The molecule has 0 bridgehead atoms. The maximum Gasteiger partial charge on any atom is 0.132 e. The Kier molecular flexibility index (Phi) is 7.52. The smallest absolute Gasteiger partial charge is 0.132 e. The van der Waals surface area contributed by atoms with Crippen LogP contribution < -0.4 is 9.47 Å². The normalized spacial score (nSPS) is 17.8. The minimum Gasteiger partial charge on any atom is -0.497 e. The number of morpholine rings is 1. The first-order valence-corrected chi connectivity index (χ1v) is 11.5. The lowest BCUT2D eigenvalue weighted by molar-refractivity contribution is -0.0319. The number of thioether (sulfide) groups is 1. The number of nitrogens with zero attached hydrogens (tertiary/aromatic N) is 1. The molecule has 1 fully saturated rings. The molecule has 0 aromatic heterocycles. The average Bonchev–Trinajstić information content (AvgIpc) is 2.84. The lowest BCUT2D eigenvalue weighted by Gasteiger charge is -2.37. The van der Waals surface area contributed by atoms with Crippen LogP contribution in [-0.4, -0.2) is 44.9 Å². The van der Waals surface area contributed by atoms with Crippen molar-refractivity contribution in [2.75, 3.05) is 33.9 Å². The molecule has 5 heteroatoms. The van der Waals surface area contributed by atoms with E-state index in [1.807, 2.05) is 24.3 Å². The molecule has 1 saturated heterocycles. The molecule has 0 N–H and O–H groups in total. The Labute approximate surface area is 189 Å². The van der Waals surface area contributed by atoms with Gasteiger partial charge in [-0.15, -0.1) is 11.8 Å². The predicted octanol–water partition coefficient (Wildman–Crippen LogP) is 5.44. The largest absolute Gasteiger partial charge is 0.497 e. The van der Waals surface area contributed by atoms with Crippen LogP contribution in [0.4, 0.5) is 0 Å². The molecule has 4 rings (SSSR count). The zero-order chi connectivity index (χ0) is 21.5. The third kappa shape index (κ3) is 5.62. The molecule has 0 amide bonds. The zero-order valence-electron chi connectivity index (χ0n) is 18.1. The Balaban J connectivity index is 1.58. The third-order valence-electron chi connectivity index (χ3n) is 5.53. The van der Waals surface area contributed by atoms with Gasteiger partial charge in [-0.2, -0.15) is 0 Å². The fourth-order valence-electron chi connectivity index (χ4n) is 3.91. The SMILES string of the molecule is COc1ccc([C@H](Sc2ccccc2OC)[C@@H]2CN(Cc3ccccc3)CCO2)cc1. The van der Waals surface area contributed by atoms with E-state index in [1.54, 1.807) is 26.0 Å². The van der Waals surface area contributed by atoms with Crippen molar-refractivity contribution in [1.82, 2.24) is 4.90 Å². The molecular weight excluding hydrogens is 406 g/mol. The standard InChI is InChI=1S/C26H29NO3S/c1-28-22-14-12-21(13-15-22)26(31-25-11-7-6-10-23(25)29-2)24-19-27(16-17-30-24)18-20-8-4-3-5-9-20/h3-15,24,26H,16-19H2,1-2H3/t24-,26-/m0/s1. The summed E-state index contributed by atoms with van der Waals surface area (Å²) in [5, 5.41) is 0.140. The maximum atomic E-state index is 6.33. The van der Waals surface area contributed by atoms with Crippen LogP contribution in [0.5, 0.6) is 11.5 Å². The first kappa shape index (κ1) is 21.8. The number of rotatable bonds is 8. The van der Waals surface area contributed by atoms with Crippen molar-refractivity contribution in [3.05, 3.63) is 90.0 Å². The number of ether oxygens (including phenoxy) is 3. The van der Waals surface area contributed by atoms with Gasteiger partial charge in [0.15, 0.2) is 0 Å². The van der Waals surface area contributed by atoms with Crippen LogP contribution in [0.1, 0.15) is 16.4 Å². The van der Waals surface area contributed by atoms with E-state index in [2.05, 4.69) is 59.5 Å². The minimum absolute atomic E-state index is 0.0702. The summed E-state index contributed by atoms with van der Waals surface area (Å²) in [4.78, 5) is 3.61. The second-order valence-corrected chi connectivity index (χ2v) is 8.78. The highest BCUT2D eigenvalue weighted by atomic mass is 32.2. The van der Waals surface area contributed by atoms with Crippen LogP contribution in [-0.2, 0) is 11.3 Å². The van der Waals surface area contributed by atoms with Crippen molar-refractivity contribution >= 4 is 11.8 Å². The molecule has 1 aliphatic rings. The molecule has 4 nitrogen and oxygen atoms in total. The first-order chi connectivity index (χ1) is 15.3. The monoisotopic (exact) mass is 435 g/mol. The van der Waals surface area contributed by atoms with Gasteiger partial charge in [0.1, 0.15) is 11.5 Å². The molecule has 162 valence electrons. The summed E-state index contributed by atoms with van der Waals surface area (Å²) >= 11 is 1.80. The van der Waals surface area contributed by atoms with Crippen LogP contribution >= 0.6 is 11.8 Å². The number of methoxy groups -OCH3 is 2. The Morgan fingerprint density at radius 2 is 1.68 bits per heavy atom. The molecular formula is C26H29NO3S. The summed E-state index contributed by atoms with van der Waals surface area (Å²) < 4.78 is 17.3. The molecule has 0 saturated carbocycles. The van der Waals surface area contributed by atoms with Gasteiger partial charge in [0.05, 0.1) is 37.1 Å². The van der Waals surface area contributed by atoms with Crippen LogP contribution in [0.3, 0.4) is 0 Å². The van der Waals surface area contributed by atoms with Crippen LogP contribution in [0, 0.1) is 0 Å². The van der Waals surface area contributed by atoms with Gasteiger partial charge in [0, 0.05) is 19.6 Å². The predicted molar refractivity (Wildman–Crippen MR) is 126 cm³/mol. The lowest BCUT2D eigenvalue weighted by Crippen LogP contribution is -2.44. The van der Waals surface area contributed by atoms with E-state index in [-0.39, 0.29) is 11.4 Å². The zero-order valence-corrected chi connectivity index (χ0v) is 18.9. The van der Waals surface area contributed by atoms with Gasteiger partial charge in [-0.3, -0.25) is 4.90 Å². The highest BCUT2D eigenvalue weighted by Gasteiger charge is 2.31. The van der Waals surface area contributed by atoms with E-state index >= 15 is 0 Å². The van der Waals surface area contributed by atoms with Gasteiger partial charge in [-0.25, -0.2) is 0 Å². The van der Waals surface area contributed by atoms with E-state index in [1.165, 1.54) is 11.1 Å². The molecule has 0 spiro atoms. The minimum atomic E-state index is 0.0702. The topological polar surface area (TPSA) is 30.9 Å². The van der Waals surface area contributed by atoms with E-state index < -0.39 is 0 Å². The van der Waals surface area contributed by atoms with Crippen molar-refractivity contribution in [3.8, 4) is 11.5 Å². The second-order valence-electron chi connectivity index (χ2n) is 7.59. The number of hydrogen-bond acceptors (Lipinski definition) is 5. The molecule has 1 heterocycles. The van der Waals surface area contributed by atoms with E-state index in [0.717, 1.165) is 42.6 Å². The summed E-state index contributed by atoms with van der Waals surface area (Å²) in [5.74, 6) is 1.75. The first-order valence-electron chi connectivity index (χ1n) is 10.6. The van der Waals surface area contributed by atoms with Crippen molar-refractivity contribution in [3.63, 3.8) is 0 Å². The second kappa shape index (κ2) is 10.7. The van der Waals surface area contributed by atoms with Crippen molar-refractivity contribution in [1.29, 1.82) is 0 Å². The van der Waals surface area contributed by atoms with Gasteiger partial charge in [0.25, 0.3) is 0 Å². The molecule has 3 aromatic carbocycles. The van der Waals surface area contributed by atoms with E-state index in [4.69, 9.17) is 14.2 Å². The van der Waals surface area contributed by atoms with Crippen molar-refractivity contribution in [2.24, 2.45) is 0 Å². The molecule has 0 aliphatic carbocycles. The van der Waals surface area contributed by atoms with Gasteiger partial charge in [-0.1, -0.05) is 54.6 Å². The number of benzene rings is 3. The number of para-hydroxylation sites is 1. The summed E-state index contributed by atoms with van der Waals surface area (Å²) in [7, 11) is 3.42. The number of hydrogen-bond donors (Lipinski definition) is 0. The molecule has 2 atom stereocenters. The average molecular weight is 436 g/mol. The molecule has 1 aliphatic heterocycles. The molecule has 3 aromatic rings. The summed E-state index contributed by atoms with van der Waals surface area (Å²) in [5.41, 5.74) is 2.56. The fraction of sp³-hybridized carbons (Fsp3) is 0.308. The molecule has 0 radical (unpaired) electrons. The fourth-order valence-corrected chi connectivity index (χ4v) is 5.21. The Morgan fingerprint density at radius 1 is 0.935 bits per heavy atom. The van der Waals surface area contributed by atoms with Gasteiger partial charge < -0.3 is 14.2 Å². The quantitative estimate of drug-likeness (QED) is 0.440. The van der Waals surface area contributed by atoms with E-state index in [0.29, 0.717) is 0 Å². The lowest BCUT2D eigenvalue weighted by atomic mass is 10.0. The summed E-state index contributed by atoms with van der Waals surface area (Å²) in [6, 6.07) is 27.2. The Hall–Kier alpha value is -2.47. The highest BCUT2D eigenvalue weighted by molar-refractivity contribution is 7.99. The van der Waals surface area contributed by atoms with Crippen LogP contribution in [0.2, 0.25) is 0 Å². The molecule has 31 heavy (non-hydrogen) atoms. The Morgan fingerprint density at radius 3 is 2.42 bits per heavy atom. The molecule has 0 unspecified atom stereocenters. The van der Waals surface area contributed by atoms with Gasteiger partial charge in [0.2, 0.25) is 0 Å². The highest BCUT2D eigenvalue weighted by Crippen LogP contribution is 2.43. The van der Waals surface area contributed by atoms with Gasteiger partial charge >= 0.3 is 0 Å². The maximum absolute atomic E-state index is 6.33. The van der Waals surface area contributed by atoms with Crippen LogP contribution in [0.25, 0.3) is 0 Å².